The highest BCUT2D eigenvalue weighted by molar-refractivity contribution is 5.47. The number of rotatable bonds is 6. The highest BCUT2D eigenvalue weighted by Gasteiger charge is 2.12. The van der Waals surface area contributed by atoms with Crippen LogP contribution in [0.2, 0.25) is 0 Å². The molecule has 1 unspecified atom stereocenters. The topological polar surface area (TPSA) is 42.5 Å². The molecule has 0 aromatic heterocycles. The standard InChI is InChI=1S/C14H21FN2O2/c1-2-19-14-4-3-11(9-13(14)15)16-6-5-12-10-18-8-7-17-12/h3-4,9,12,16-17H,2,5-8,10H2,1H3. The Labute approximate surface area is 113 Å². The Kier molecular flexibility index (Phi) is 5.42. The van der Waals surface area contributed by atoms with Gasteiger partial charge in [0, 0.05) is 30.9 Å². The first-order chi connectivity index (χ1) is 9.29. The fourth-order valence-electron chi connectivity index (χ4n) is 2.08. The SMILES string of the molecule is CCOc1ccc(NCCC2COCCN2)cc1F. The van der Waals surface area contributed by atoms with E-state index in [1.54, 1.807) is 6.07 Å². The Hall–Kier alpha value is -1.33. The van der Waals surface area contributed by atoms with Gasteiger partial charge in [-0.3, -0.25) is 0 Å². The quantitative estimate of drug-likeness (QED) is 0.828. The summed E-state index contributed by atoms with van der Waals surface area (Å²) in [6.45, 7) is 5.53. The molecule has 0 aliphatic carbocycles. The van der Waals surface area contributed by atoms with Gasteiger partial charge in [-0.1, -0.05) is 0 Å². The number of nitrogens with one attached hydrogen (secondary N) is 2. The summed E-state index contributed by atoms with van der Waals surface area (Å²) in [4.78, 5) is 0. The zero-order chi connectivity index (χ0) is 13.5. The summed E-state index contributed by atoms with van der Waals surface area (Å²) in [5.74, 6) is -0.0265. The van der Waals surface area contributed by atoms with Crippen LogP contribution in [-0.4, -0.2) is 39.0 Å². The van der Waals surface area contributed by atoms with Crippen molar-refractivity contribution in [2.75, 3.05) is 38.2 Å². The third-order valence-corrected chi connectivity index (χ3v) is 3.05. The molecule has 1 heterocycles. The molecule has 1 aliphatic rings. The number of ether oxygens (including phenoxy) is 2. The van der Waals surface area contributed by atoms with Crippen LogP contribution < -0.4 is 15.4 Å². The lowest BCUT2D eigenvalue weighted by atomic mass is 10.2. The van der Waals surface area contributed by atoms with Crippen LogP contribution in [-0.2, 0) is 4.74 Å². The van der Waals surface area contributed by atoms with Gasteiger partial charge in [0.05, 0.1) is 19.8 Å². The summed E-state index contributed by atoms with van der Waals surface area (Å²) in [5.41, 5.74) is 0.776. The first-order valence-electron chi connectivity index (χ1n) is 6.77. The minimum Gasteiger partial charge on any atom is -0.491 e. The van der Waals surface area contributed by atoms with Crippen molar-refractivity contribution in [2.24, 2.45) is 0 Å². The Balaban J connectivity index is 1.77. The Bertz CT molecular complexity index is 395. The first kappa shape index (κ1) is 14.1. The van der Waals surface area contributed by atoms with Gasteiger partial charge in [-0.25, -0.2) is 4.39 Å². The van der Waals surface area contributed by atoms with Crippen molar-refractivity contribution in [1.29, 1.82) is 0 Å². The summed E-state index contributed by atoms with van der Waals surface area (Å²) in [7, 11) is 0. The van der Waals surface area contributed by atoms with Crippen molar-refractivity contribution >= 4 is 5.69 Å². The van der Waals surface area contributed by atoms with Crippen LogP contribution >= 0.6 is 0 Å². The molecule has 2 rings (SSSR count). The maximum Gasteiger partial charge on any atom is 0.167 e. The zero-order valence-corrected chi connectivity index (χ0v) is 11.2. The third-order valence-electron chi connectivity index (χ3n) is 3.05. The van der Waals surface area contributed by atoms with Gasteiger partial charge < -0.3 is 20.1 Å². The van der Waals surface area contributed by atoms with E-state index >= 15 is 0 Å². The molecule has 1 aliphatic heterocycles. The van der Waals surface area contributed by atoms with E-state index in [2.05, 4.69) is 10.6 Å². The number of halogens is 1. The van der Waals surface area contributed by atoms with E-state index in [9.17, 15) is 4.39 Å². The Morgan fingerprint density at radius 1 is 1.53 bits per heavy atom. The van der Waals surface area contributed by atoms with E-state index in [0.717, 1.165) is 38.4 Å². The van der Waals surface area contributed by atoms with Crippen LogP contribution in [0.3, 0.4) is 0 Å². The molecule has 2 N–H and O–H groups in total. The van der Waals surface area contributed by atoms with Crippen molar-refractivity contribution < 1.29 is 13.9 Å². The van der Waals surface area contributed by atoms with Crippen molar-refractivity contribution in [1.82, 2.24) is 5.32 Å². The van der Waals surface area contributed by atoms with Crippen LogP contribution in [0.25, 0.3) is 0 Å². The predicted molar refractivity (Wildman–Crippen MR) is 73.3 cm³/mol. The van der Waals surface area contributed by atoms with Crippen molar-refractivity contribution in [2.45, 2.75) is 19.4 Å². The van der Waals surface area contributed by atoms with Crippen LogP contribution in [0.1, 0.15) is 13.3 Å². The minimum atomic E-state index is -0.328. The Morgan fingerprint density at radius 2 is 2.42 bits per heavy atom. The minimum absolute atomic E-state index is 0.301. The van der Waals surface area contributed by atoms with E-state index in [-0.39, 0.29) is 5.82 Å². The molecule has 0 amide bonds. The second kappa shape index (κ2) is 7.31. The lowest BCUT2D eigenvalue weighted by molar-refractivity contribution is 0.0753. The maximum atomic E-state index is 13.6. The number of anilines is 1. The smallest absolute Gasteiger partial charge is 0.167 e. The average Bonchev–Trinajstić information content (AvgIpc) is 2.43. The summed E-state index contributed by atoms with van der Waals surface area (Å²) >= 11 is 0. The summed E-state index contributed by atoms with van der Waals surface area (Å²) in [5, 5.41) is 6.59. The number of hydrogen-bond acceptors (Lipinski definition) is 4. The average molecular weight is 268 g/mol. The largest absolute Gasteiger partial charge is 0.491 e. The lowest BCUT2D eigenvalue weighted by Crippen LogP contribution is -2.42. The number of hydrogen-bond donors (Lipinski definition) is 2. The van der Waals surface area contributed by atoms with Crippen LogP contribution in [0.5, 0.6) is 5.75 Å². The van der Waals surface area contributed by atoms with Gasteiger partial charge >= 0.3 is 0 Å². The van der Waals surface area contributed by atoms with E-state index in [4.69, 9.17) is 9.47 Å². The molecular formula is C14H21FN2O2. The lowest BCUT2D eigenvalue weighted by Gasteiger charge is -2.23. The van der Waals surface area contributed by atoms with Crippen molar-refractivity contribution in [3.8, 4) is 5.75 Å². The molecule has 1 aromatic carbocycles. The second-order valence-electron chi connectivity index (χ2n) is 4.52. The normalized spacial score (nSPS) is 19.2. The number of benzene rings is 1. The van der Waals surface area contributed by atoms with Crippen LogP contribution in [0.4, 0.5) is 10.1 Å². The molecule has 106 valence electrons. The molecule has 4 nitrogen and oxygen atoms in total. The van der Waals surface area contributed by atoms with Crippen LogP contribution in [0.15, 0.2) is 18.2 Å². The maximum absolute atomic E-state index is 13.6. The van der Waals surface area contributed by atoms with Gasteiger partial charge in [-0.05, 0) is 25.5 Å². The second-order valence-corrected chi connectivity index (χ2v) is 4.52. The summed E-state index contributed by atoms with van der Waals surface area (Å²) < 4.78 is 24.2. The van der Waals surface area contributed by atoms with E-state index in [1.807, 2.05) is 13.0 Å². The van der Waals surface area contributed by atoms with E-state index < -0.39 is 0 Å². The molecule has 5 heteroatoms. The fraction of sp³-hybridized carbons (Fsp3) is 0.571. The molecule has 1 saturated heterocycles. The first-order valence-corrected chi connectivity index (χ1v) is 6.77. The van der Waals surface area contributed by atoms with Gasteiger partial charge in [-0.2, -0.15) is 0 Å². The molecule has 1 aromatic rings. The molecule has 19 heavy (non-hydrogen) atoms. The number of morpholine rings is 1. The molecule has 0 saturated carbocycles. The Morgan fingerprint density at radius 3 is 3.11 bits per heavy atom. The molecule has 1 fully saturated rings. The van der Waals surface area contributed by atoms with Crippen LogP contribution in [0, 0.1) is 5.82 Å². The predicted octanol–water partition coefficient (Wildman–Crippen LogP) is 2.01. The molecule has 0 radical (unpaired) electrons. The van der Waals surface area contributed by atoms with E-state index in [0.29, 0.717) is 18.4 Å². The molecule has 1 atom stereocenters. The van der Waals surface area contributed by atoms with Gasteiger partial charge in [0.25, 0.3) is 0 Å². The highest BCUT2D eigenvalue weighted by Crippen LogP contribution is 2.21. The summed E-state index contributed by atoms with van der Waals surface area (Å²) in [6.07, 6.45) is 0.953. The van der Waals surface area contributed by atoms with Gasteiger partial charge in [0.2, 0.25) is 0 Å². The molecule has 0 bridgehead atoms. The molecule has 0 spiro atoms. The van der Waals surface area contributed by atoms with Crippen molar-refractivity contribution in [3.63, 3.8) is 0 Å². The monoisotopic (exact) mass is 268 g/mol. The highest BCUT2D eigenvalue weighted by atomic mass is 19.1. The van der Waals surface area contributed by atoms with Gasteiger partial charge in [0.15, 0.2) is 11.6 Å². The summed E-state index contributed by atoms with van der Waals surface area (Å²) in [6, 6.07) is 5.34. The van der Waals surface area contributed by atoms with Crippen molar-refractivity contribution in [3.05, 3.63) is 24.0 Å². The van der Waals surface area contributed by atoms with Gasteiger partial charge in [0.1, 0.15) is 0 Å². The van der Waals surface area contributed by atoms with Gasteiger partial charge in [-0.15, -0.1) is 0 Å². The molecular weight excluding hydrogens is 247 g/mol. The zero-order valence-electron chi connectivity index (χ0n) is 11.2. The third kappa shape index (κ3) is 4.36. The van der Waals surface area contributed by atoms with E-state index in [1.165, 1.54) is 6.07 Å². The fourth-order valence-corrected chi connectivity index (χ4v) is 2.08.